The fourth-order valence-electron chi connectivity index (χ4n) is 1.12. The Morgan fingerprint density at radius 1 is 1.45 bits per heavy atom. The quantitative estimate of drug-likeness (QED) is 0.443. The van der Waals surface area contributed by atoms with E-state index >= 15 is 0 Å². The molecule has 5 nitrogen and oxygen atoms in total. The predicted molar refractivity (Wildman–Crippen MR) is 34.8 cm³/mol. The van der Waals surface area contributed by atoms with Crippen molar-refractivity contribution in [2.45, 2.75) is 24.6 Å². The molecule has 1 aliphatic heterocycles. The van der Waals surface area contributed by atoms with Gasteiger partial charge < -0.3 is 24.8 Å². The molecule has 1 rings (SSSR count). The molecule has 0 amide bonds. The summed E-state index contributed by atoms with van der Waals surface area (Å²) >= 11 is 0. The number of aliphatic hydroxyl groups excluding tert-OH is 3. The third-order valence-electron chi connectivity index (χ3n) is 1.76. The summed E-state index contributed by atoms with van der Waals surface area (Å²) in [6.07, 6.45) is -3.60. The van der Waals surface area contributed by atoms with E-state index in [1.165, 1.54) is 7.11 Å². The standard InChI is InChI=1S/C6H12O5/c1-10-5-4(8)3(2-7)11-6(5)9/h3-9H,2H2,1H3/t3-,4-,5+,6-/m0/s1. The van der Waals surface area contributed by atoms with Crippen molar-refractivity contribution in [2.24, 2.45) is 0 Å². The van der Waals surface area contributed by atoms with Crippen molar-refractivity contribution in [3.63, 3.8) is 0 Å². The molecule has 0 spiro atoms. The molecular formula is C6H12O5. The molecule has 0 saturated carbocycles. The van der Waals surface area contributed by atoms with E-state index in [0.717, 1.165) is 0 Å². The van der Waals surface area contributed by atoms with E-state index < -0.39 is 24.6 Å². The first-order chi connectivity index (χ1) is 5.20. The van der Waals surface area contributed by atoms with Gasteiger partial charge >= 0.3 is 0 Å². The molecule has 4 atom stereocenters. The van der Waals surface area contributed by atoms with E-state index in [1.807, 2.05) is 0 Å². The van der Waals surface area contributed by atoms with Crippen LogP contribution in [-0.2, 0) is 9.47 Å². The van der Waals surface area contributed by atoms with Gasteiger partial charge in [0.05, 0.1) is 6.61 Å². The zero-order valence-corrected chi connectivity index (χ0v) is 6.17. The van der Waals surface area contributed by atoms with Crippen LogP contribution in [0.15, 0.2) is 0 Å². The Hall–Kier alpha value is -0.200. The number of ether oxygens (including phenoxy) is 2. The summed E-state index contributed by atoms with van der Waals surface area (Å²) in [5.41, 5.74) is 0. The van der Waals surface area contributed by atoms with Crippen LogP contribution < -0.4 is 0 Å². The van der Waals surface area contributed by atoms with Gasteiger partial charge in [0.15, 0.2) is 6.29 Å². The van der Waals surface area contributed by atoms with Crippen LogP contribution in [0, 0.1) is 0 Å². The Morgan fingerprint density at radius 3 is 2.36 bits per heavy atom. The summed E-state index contributed by atoms with van der Waals surface area (Å²) in [6, 6.07) is 0. The summed E-state index contributed by atoms with van der Waals surface area (Å²) in [6.45, 7) is -0.321. The highest BCUT2D eigenvalue weighted by Crippen LogP contribution is 2.21. The van der Waals surface area contributed by atoms with Crippen molar-refractivity contribution in [3.8, 4) is 0 Å². The summed E-state index contributed by atoms with van der Waals surface area (Å²) in [7, 11) is 1.36. The lowest BCUT2D eigenvalue weighted by Gasteiger charge is -2.14. The van der Waals surface area contributed by atoms with Gasteiger partial charge in [-0.1, -0.05) is 0 Å². The lowest BCUT2D eigenvalue weighted by Crippen LogP contribution is -2.35. The molecule has 1 fully saturated rings. The molecule has 1 saturated heterocycles. The molecule has 5 heteroatoms. The van der Waals surface area contributed by atoms with Gasteiger partial charge in [-0.2, -0.15) is 0 Å². The third-order valence-corrected chi connectivity index (χ3v) is 1.76. The molecule has 66 valence electrons. The molecule has 0 aromatic carbocycles. The monoisotopic (exact) mass is 164 g/mol. The van der Waals surface area contributed by atoms with Crippen molar-refractivity contribution < 1.29 is 24.8 Å². The highest BCUT2D eigenvalue weighted by Gasteiger charge is 2.42. The van der Waals surface area contributed by atoms with Gasteiger partial charge in [0.25, 0.3) is 0 Å². The number of rotatable bonds is 2. The molecule has 1 aliphatic rings. The molecule has 11 heavy (non-hydrogen) atoms. The Kier molecular flexibility index (Phi) is 2.80. The van der Waals surface area contributed by atoms with Crippen molar-refractivity contribution in [1.29, 1.82) is 0 Å². The lowest BCUT2D eigenvalue weighted by molar-refractivity contribution is -0.139. The average molecular weight is 164 g/mol. The van der Waals surface area contributed by atoms with Gasteiger partial charge in [0, 0.05) is 7.11 Å². The topological polar surface area (TPSA) is 79.2 Å². The minimum absolute atomic E-state index is 0.321. The van der Waals surface area contributed by atoms with E-state index in [-0.39, 0.29) is 6.61 Å². The molecule has 0 aromatic heterocycles. The smallest absolute Gasteiger partial charge is 0.184 e. The molecule has 0 radical (unpaired) electrons. The first-order valence-corrected chi connectivity index (χ1v) is 3.36. The van der Waals surface area contributed by atoms with Gasteiger partial charge in [-0.3, -0.25) is 0 Å². The fraction of sp³-hybridized carbons (Fsp3) is 1.00. The molecule has 0 bridgehead atoms. The summed E-state index contributed by atoms with van der Waals surface area (Å²) in [5.74, 6) is 0. The maximum atomic E-state index is 9.25. The van der Waals surface area contributed by atoms with Crippen LogP contribution in [-0.4, -0.2) is 53.6 Å². The van der Waals surface area contributed by atoms with E-state index in [1.54, 1.807) is 0 Å². The fourth-order valence-corrected chi connectivity index (χ4v) is 1.12. The third kappa shape index (κ3) is 1.52. The minimum Gasteiger partial charge on any atom is -0.394 e. The molecule has 0 aliphatic carbocycles. The summed E-state index contributed by atoms with van der Waals surface area (Å²) in [5, 5.41) is 26.9. The van der Waals surface area contributed by atoms with Gasteiger partial charge in [-0.25, -0.2) is 0 Å². The van der Waals surface area contributed by atoms with Crippen LogP contribution in [0.1, 0.15) is 0 Å². The predicted octanol–water partition coefficient (Wildman–Crippen LogP) is -1.93. The van der Waals surface area contributed by atoms with Gasteiger partial charge in [-0.15, -0.1) is 0 Å². The Bertz CT molecular complexity index is 128. The number of hydrogen-bond donors (Lipinski definition) is 3. The SMILES string of the molecule is CO[C@@H]1[C@@H](O)[C@H](CO)O[C@@H]1O. The Morgan fingerprint density at radius 2 is 2.09 bits per heavy atom. The van der Waals surface area contributed by atoms with Crippen molar-refractivity contribution in [2.75, 3.05) is 13.7 Å². The molecule has 0 aromatic rings. The molecule has 1 heterocycles. The largest absolute Gasteiger partial charge is 0.394 e. The zero-order chi connectivity index (χ0) is 8.43. The van der Waals surface area contributed by atoms with Gasteiger partial charge in [0.2, 0.25) is 0 Å². The van der Waals surface area contributed by atoms with Crippen LogP contribution in [0.3, 0.4) is 0 Å². The van der Waals surface area contributed by atoms with Crippen LogP contribution in [0.5, 0.6) is 0 Å². The van der Waals surface area contributed by atoms with E-state index in [0.29, 0.717) is 0 Å². The van der Waals surface area contributed by atoms with E-state index in [4.69, 9.17) is 19.7 Å². The second-order valence-corrected chi connectivity index (χ2v) is 2.44. The van der Waals surface area contributed by atoms with Crippen molar-refractivity contribution in [3.05, 3.63) is 0 Å². The van der Waals surface area contributed by atoms with Crippen LogP contribution >= 0.6 is 0 Å². The first-order valence-electron chi connectivity index (χ1n) is 3.36. The van der Waals surface area contributed by atoms with Crippen LogP contribution in [0.2, 0.25) is 0 Å². The Balaban J connectivity index is 2.55. The maximum absolute atomic E-state index is 9.25. The maximum Gasteiger partial charge on any atom is 0.184 e. The number of hydrogen-bond acceptors (Lipinski definition) is 5. The highest BCUT2D eigenvalue weighted by molar-refractivity contribution is 4.86. The second-order valence-electron chi connectivity index (χ2n) is 2.44. The zero-order valence-electron chi connectivity index (χ0n) is 6.17. The van der Waals surface area contributed by atoms with Gasteiger partial charge in [-0.05, 0) is 0 Å². The summed E-state index contributed by atoms with van der Waals surface area (Å²) < 4.78 is 9.49. The van der Waals surface area contributed by atoms with Crippen LogP contribution in [0.25, 0.3) is 0 Å². The van der Waals surface area contributed by atoms with Crippen molar-refractivity contribution in [1.82, 2.24) is 0 Å². The first kappa shape index (κ1) is 8.89. The van der Waals surface area contributed by atoms with Gasteiger partial charge in [0.1, 0.15) is 18.3 Å². The molecule has 0 unspecified atom stereocenters. The lowest BCUT2D eigenvalue weighted by atomic mass is 10.1. The number of methoxy groups -OCH3 is 1. The highest BCUT2D eigenvalue weighted by atomic mass is 16.7. The molecular weight excluding hydrogens is 152 g/mol. The Labute approximate surface area is 64.2 Å². The molecule has 3 N–H and O–H groups in total. The normalized spacial score (nSPS) is 44.7. The van der Waals surface area contributed by atoms with E-state index in [2.05, 4.69) is 0 Å². The van der Waals surface area contributed by atoms with Crippen LogP contribution in [0.4, 0.5) is 0 Å². The number of aliphatic hydroxyl groups is 3. The van der Waals surface area contributed by atoms with Crippen molar-refractivity contribution >= 4 is 0 Å². The second kappa shape index (κ2) is 3.46. The average Bonchev–Trinajstić information content (AvgIpc) is 2.26. The van der Waals surface area contributed by atoms with E-state index in [9.17, 15) is 5.11 Å². The summed E-state index contributed by atoms with van der Waals surface area (Å²) in [4.78, 5) is 0. The minimum atomic E-state index is -1.15.